The van der Waals surface area contributed by atoms with Crippen molar-refractivity contribution in [3.05, 3.63) is 34.1 Å². The third kappa shape index (κ3) is 4.59. The molecule has 1 rings (SSSR count). The lowest BCUT2D eigenvalue weighted by Gasteiger charge is -2.21. The van der Waals surface area contributed by atoms with Gasteiger partial charge in [-0.2, -0.15) is 0 Å². The summed E-state index contributed by atoms with van der Waals surface area (Å²) in [6.45, 7) is 4.15. The van der Waals surface area contributed by atoms with Gasteiger partial charge < -0.3 is 9.64 Å². The van der Waals surface area contributed by atoms with Crippen LogP contribution in [0.3, 0.4) is 0 Å². The predicted molar refractivity (Wildman–Crippen MR) is 76.9 cm³/mol. The van der Waals surface area contributed by atoms with E-state index in [0.717, 1.165) is 6.07 Å². The molecule has 0 saturated heterocycles. The van der Waals surface area contributed by atoms with Crippen molar-refractivity contribution in [2.24, 2.45) is 0 Å². The van der Waals surface area contributed by atoms with Crippen LogP contribution < -0.4 is 0 Å². The monoisotopic (exact) mass is 345 g/mol. The van der Waals surface area contributed by atoms with Crippen LogP contribution in [0, 0.1) is 5.82 Å². The van der Waals surface area contributed by atoms with E-state index in [1.165, 1.54) is 17.0 Å². The van der Waals surface area contributed by atoms with Gasteiger partial charge in [-0.15, -0.1) is 0 Å². The fraction of sp³-hybridized carbons (Fsp3) is 0.429. The van der Waals surface area contributed by atoms with E-state index in [2.05, 4.69) is 15.9 Å². The Hall–Kier alpha value is -1.43. The summed E-state index contributed by atoms with van der Waals surface area (Å²) in [5, 5.41) is 0. The Bertz CT molecular complexity index is 493. The SMILES string of the molecule is CCCN(CC(=O)OCC)C(=O)c1ccc(Br)c(F)c1. The molecule has 0 bridgehead atoms. The highest BCUT2D eigenvalue weighted by molar-refractivity contribution is 9.10. The van der Waals surface area contributed by atoms with Crippen LogP contribution in [-0.2, 0) is 9.53 Å². The minimum Gasteiger partial charge on any atom is -0.465 e. The summed E-state index contributed by atoms with van der Waals surface area (Å²) in [5.41, 5.74) is 0.212. The Labute approximate surface area is 126 Å². The highest BCUT2D eigenvalue weighted by Gasteiger charge is 2.19. The predicted octanol–water partition coefficient (Wildman–Crippen LogP) is 3.00. The van der Waals surface area contributed by atoms with Crippen LogP contribution in [0.25, 0.3) is 0 Å². The third-order valence-electron chi connectivity index (χ3n) is 2.57. The molecule has 0 heterocycles. The van der Waals surface area contributed by atoms with Gasteiger partial charge in [0.05, 0.1) is 11.1 Å². The summed E-state index contributed by atoms with van der Waals surface area (Å²) in [6.07, 6.45) is 0.699. The number of nitrogens with zero attached hydrogens (tertiary/aromatic N) is 1. The van der Waals surface area contributed by atoms with Crippen LogP contribution >= 0.6 is 15.9 Å². The minimum absolute atomic E-state index is 0.127. The summed E-state index contributed by atoms with van der Waals surface area (Å²) in [4.78, 5) is 25.1. The second kappa shape index (κ2) is 7.99. The first-order chi connectivity index (χ1) is 9.49. The Balaban J connectivity index is 2.87. The van der Waals surface area contributed by atoms with Crippen molar-refractivity contribution in [2.45, 2.75) is 20.3 Å². The van der Waals surface area contributed by atoms with Crippen molar-refractivity contribution in [3.63, 3.8) is 0 Å². The normalized spacial score (nSPS) is 10.2. The topological polar surface area (TPSA) is 46.6 Å². The van der Waals surface area contributed by atoms with E-state index in [1.807, 2.05) is 6.92 Å². The lowest BCUT2D eigenvalue weighted by molar-refractivity contribution is -0.143. The van der Waals surface area contributed by atoms with Crippen molar-refractivity contribution in [3.8, 4) is 0 Å². The number of rotatable bonds is 6. The molecule has 0 unspecified atom stereocenters. The first kappa shape index (κ1) is 16.6. The van der Waals surface area contributed by atoms with E-state index in [0.29, 0.717) is 17.4 Å². The molecule has 0 aliphatic carbocycles. The molecular formula is C14H17BrFNO3. The van der Waals surface area contributed by atoms with E-state index in [1.54, 1.807) is 6.92 Å². The largest absolute Gasteiger partial charge is 0.465 e. The molecule has 0 saturated carbocycles. The Morgan fingerprint density at radius 3 is 2.60 bits per heavy atom. The molecule has 1 aromatic rings. The summed E-state index contributed by atoms with van der Waals surface area (Å²) < 4.78 is 18.6. The van der Waals surface area contributed by atoms with E-state index in [9.17, 15) is 14.0 Å². The van der Waals surface area contributed by atoms with E-state index in [-0.39, 0.29) is 24.6 Å². The van der Waals surface area contributed by atoms with Gasteiger partial charge in [0.25, 0.3) is 5.91 Å². The molecule has 0 aromatic heterocycles. The van der Waals surface area contributed by atoms with Crippen molar-refractivity contribution in [2.75, 3.05) is 19.7 Å². The van der Waals surface area contributed by atoms with Gasteiger partial charge in [-0.25, -0.2) is 4.39 Å². The Kier molecular flexibility index (Phi) is 6.64. The van der Waals surface area contributed by atoms with Gasteiger partial charge in [0.2, 0.25) is 0 Å². The van der Waals surface area contributed by atoms with Gasteiger partial charge in [0.1, 0.15) is 12.4 Å². The Morgan fingerprint density at radius 2 is 2.05 bits per heavy atom. The Morgan fingerprint density at radius 1 is 1.35 bits per heavy atom. The van der Waals surface area contributed by atoms with Crippen molar-refractivity contribution in [1.82, 2.24) is 4.90 Å². The van der Waals surface area contributed by atoms with E-state index in [4.69, 9.17) is 4.74 Å². The molecule has 20 heavy (non-hydrogen) atoms. The molecule has 0 aliphatic rings. The summed E-state index contributed by atoms with van der Waals surface area (Å²) >= 11 is 3.03. The second-order valence-corrected chi connectivity index (χ2v) is 5.01. The van der Waals surface area contributed by atoms with E-state index >= 15 is 0 Å². The number of ether oxygens (including phenoxy) is 1. The smallest absolute Gasteiger partial charge is 0.325 e. The molecule has 1 aromatic carbocycles. The average molecular weight is 346 g/mol. The molecule has 0 radical (unpaired) electrons. The fourth-order valence-corrected chi connectivity index (χ4v) is 1.94. The van der Waals surface area contributed by atoms with Gasteiger partial charge in [-0.05, 0) is 47.5 Å². The highest BCUT2D eigenvalue weighted by Crippen LogP contribution is 2.17. The lowest BCUT2D eigenvalue weighted by atomic mass is 10.2. The summed E-state index contributed by atoms with van der Waals surface area (Å²) in [6, 6.07) is 4.14. The van der Waals surface area contributed by atoms with Crippen LogP contribution in [0.4, 0.5) is 4.39 Å². The number of carbonyl (C=O) groups excluding carboxylic acids is 2. The number of carbonyl (C=O) groups is 2. The molecule has 0 spiro atoms. The summed E-state index contributed by atoms with van der Waals surface area (Å²) in [7, 11) is 0. The fourth-order valence-electron chi connectivity index (χ4n) is 1.70. The number of amides is 1. The third-order valence-corrected chi connectivity index (χ3v) is 3.22. The van der Waals surface area contributed by atoms with Crippen LogP contribution in [0.2, 0.25) is 0 Å². The number of halogens is 2. The standard InChI is InChI=1S/C14H17BrFNO3/c1-3-7-17(9-13(18)20-4-2)14(19)10-5-6-11(15)12(16)8-10/h5-6,8H,3-4,7,9H2,1-2H3. The molecule has 0 N–H and O–H groups in total. The molecule has 0 aliphatic heterocycles. The van der Waals surface area contributed by atoms with Crippen LogP contribution in [0.15, 0.2) is 22.7 Å². The van der Waals surface area contributed by atoms with Crippen LogP contribution in [0.5, 0.6) is 0 Å². The number of hydrogen-bond acceptors (Lipinski definition) is 3. The molecule has 4 nitrogen and oxygen atoms in total. The molecular weight excluding hydrogens is 329 g/mol. The maximum atomic E-state index is 13.5. The van der Waals surface area contributed by atoms with Gasteiger partial charge in [0, 0.05) is 12.1 Å². The van der Waals surface area contributed by atoms with Gasteiger partial charge in [0.15, 0.2) is 0 Å². The first-order valence-corrected chi connectivity index (χ1v) is 7.18. The van der Waals surface area contributed by atoms with E-state index < -0.39 is 11.8 Å². The zero-order valence-corrected chi connectivity index (χ0v) is 13.1. The average Bonchev–Trinajstić information content (AvgIpc) is 2.41. The number of esters is 1. The van der Waals surface area contributed by atoms with Crippen molar-refractivity contribution >= 4 is 27.8 Å². The maximum Gasteiger partial charge on any atom is 0.325 e. The maximum absolute atomic E-state index is 13.5. The summed E-state index contributed by atoms with van der Waals surface area (Å²) in [5.74, 6) is -1.36. The second-order valence-electron chi connectivity index (χ2n) is 4.16. The number of benzene rings is 1. The lowest BCUT2D eigenvalue weighted by Crippen LogP contribution is -2.37. The molecule has 110 valence electrons. The molecule has 0 atom stereocenters. The molecule has 6 heteroatoms. The zero-order valence-electron chi connectivity index (χ0n) is 11.5. The quantitative estimate of drug-likeness (QED) is 0.744. The van der Waals surface area contributed by atoms with Crippen molar-refractivity contribution < 1.29 is 18.7 Å². The van der Waals surface area contributed by atoms with Crippen LogP contribution in [0.1, 0.15) is 30.6 Å². The number of hydrogen-bond donors (Lipinski definition) is 0. The van der Waals surface area contributed by atoms with Gasteiger partial charge in [-0.3, -0.25) is 9.59 Å². The zero-order chi connectivity index (χ0) is 15.1. The molecule has 1 amide bonds. The first-order valence-electron chi connectivity index (χ1n) is 6.39. The van der Waals surface area contributed by atoms with Crippen LogP contribution in [-0.4, -0.2) is 36.5 Å². The minimum atomic E-state index is -0.511. The highest BCUT2D eigenvalue weighted by atomic mass is 79.9. The molecule has 0 fully saturated rings. The van der Waals surface area contributed by atoms with Gasteiger partial charge in [-0.1, -0.05) is 6.92 Å². The van der Waals surface area contributed by atoms with Crippen molar-refractivity contribution in [1.29, 1.82) is 0 Å². The van der Waals surface area contributed by atoms with Gasteiger partial charge >= 0.3 is 5.97 Å².